The van der Waals surface area contributed by atoms with Crippen molar-refractivity contribution in [2.45, 2.75) is 0 Å². The van der Waals surface area contributed by atoms with E-state index in [1.54, 1.807) is 4.90 Å². The number of amides is 1. The molecule has 1 aromatic rings. The van der Waals surface area contributed by atoms with Crippen LogP contribution in [0, 0.1) is 0 Å². The highest BCUT2D eigenvalue weighted by molar-refractivity contribution is 6.29. The molecule has 1 amide bonds. The molecule has 0 bridgehead atoms. The van der Waals surface area contributed by atoms with Gasteiger partial charge in [-0.2, -0.15) is 0 Å². The molecule has 1 aliphatic rings. The van der Waals surface area contributed by atoms with Crippen LogP contribution in [0.25, 0.3) is 0 Å². The van der Waals surface area contributed by atoms with Crippen molar-refractivity contribution in [3.63, 3.8) is 0 Å². The fraction of sp³-hybridized carbons (Fsp3) is 0.500. The molecule has 0 aliphatic carbocycles. The summed E-state index contributed by atoms with van der Waals surface area (Å²) in [6.45, 7) is 3.23. The first-order valence-electron chi connectivity index (χ1n) is 5.12. The van der Waals surface area contributed by atoms with Crippen molar-refractivity contribution >= 4 is 17.5 Å². The Kier molecular flexibility index (Phi) is 3.36. The Morgan fingerprint density at radius 3 is 2.62 bits per heavy atom. The van der Waals surface area contributed by atoms with E-state index in [-0.39, 0.29) is 11.1 Å². The number of piperazine rings is 1. The number of hydrogen-bond acceptors (Lipinski definition) is 4. The molecule has 1 saturated heterocycles. The largest absolute Gasteiger partial charge is 0.335 e. The number of nitrogens with zero attached hydrogens (tertiary/aromatic N) is 4. The Morgan fingerprint density at radius 1 is 1.31 bits per heavy atom. The SMILES string of the molecule is CN1CCN(C(=O)c2cncc(Cl)n2)CC1. The molecule has 6 heteroatoms. The minimum absolute atomic E-state index is 0.0944. The Hall–Kier alpha value is -1.20. The summed E-state index contributed by atoms with van der Waals surface area (Å²) < 4.78 is 0. The van der Waals surface area contributed by atoms with Crippen LogP contribution in [0.1, 0.15) is 10.5 Å². The molecule has 1 fully saturated rings. The Bertz CT molecular complexity index is 390. The van der Waals surface area contributed by atoms with Crippen LogP contribution in [0.5, 0.6) is 0 Å². The minimum Gasteiger partial charge on any atom is -0.335 e. The van der Waals surface area contributed by atoms with E-state index < -0.39 is 0 Å². The number of aromatic nitrogens is 2. The number of rotatable bonds is 1. The van der Waals surface area contributed by atoms with Gasteiger partial charge in [0.15, 0.2) is 0 Å². The Balaban J connectivity index is 2.08. The Labute approximate surface area is 99.0 Å². The van der Waals surface area contributed by atoms with Crippen LogP contribution in [0.2, 0.25) is 5.15 Å². The highest BCUT2D eigenvalue weighted by atomic mass is 35.5. The molecule has 0 unspecified atom stereocenters. The zero-order chi connectivity index (χ0) is 11.5. The number of carbonyl (C=O) groups is 1. The van der Waals surface area contributed by atoms with Gasteiger partial charge < -0.3 is 9.80 Å². The Morgan fingerprint density at radius 2 is 2.00 bits per heavy atom. The summed E-state index contributed by atoms with van der Waals surface area (Å²) in [5.74, 6) is -0.0944. The maximum absolute atomic E-state index is 12.0. The second kappa shape index (κ2) is 4.76. The molecule has 1 aromatic heterocycles. The van der Waals surface area contributed by atoms with E-state index in [9.17, 15) is 4.79 Å². The van der Waals surface area contributed by atoms with E-state index in [1.165, 1.54) is 12.4 Å². The van der Waals surface area contributed by atoms with Crippen LogP contribution in [0.15, 0.2) is 12.4 Å². The van der Waals surface area contributed by atoms with Crippen LogP contribution in [-0.2, 0) is 0 Å². The lowest BCUT2D eigenvalue weighted by Crippen LogP contribution is -2.47. The summed E-state index contributed by atoms with van der Waals surface area (Å²) in [5, 5.41) is 0.250. The monoisotopic (exact) mass is 240 g/mol. The summed E-state index contributed by atoms with van der Waals surface area (Å²) in [6, 6.07) is 0. The quantitative estimate of drug-likeness (QED) is 0.718. The van der Waals surface area contributed by atoms with Gasteiger partial charge in [-0.1, -0.05) is 11.6 Å². The molecular weight excluding hydrogens is 228 g/mol. The van der Waals surface area contributed by atoms with Crippen molar-refractivity contribution in [3.8, 4) is 0 Å². The summed E-state index contributed by atoms with van der Waals surface area (Å²) in [6.07, 6.45) is 2.87. The normalized spacial score (nSPS) is 17.5. The van der Waals surface area contributed by atoms with Crippen molar-refractivity contribution in [2.24, 2.45) is 0 Å². The van der Waals surface area contributed by atoms with Crippen molar-refractivity contribution in [3.05, 3.63) is 23.2 Å². The van der Waals surface area contributed by atoms with Crippen LogP contribution in [-0.4, -0.2) is 58.9 Å². The summed E-state index contributed by atoms with van der Waals surface area (Å²) in [4.78, 5) is 23.8. The smallest absolute Gasteiger partial charge is 0.274 e. The van der Waals surface area contributed by atoms with E-state index in [1.807, 2.05) is 7.05 Å². The number of carbonyl (C=O) groups excluding carboxylic acids is 1. The molecule has 2 heterocycles. The van der Waals surface area contributed by atoms with Crippen molar-refractivity contribution < 1.29 is 4.79 Å². The molecule has 5 nitrogen and oxygen atoms in total. The van der Waals surface area contributed by atoms with Crippen molar-refractivity contribution in [1.82, 2.24) is 19.8 Å². The average molecular weight is 241 g/mol. The van der Waals surface area contributed by atoms with Crippen molar-refractivity contribution in [2.75, 3.05) is 33.2 Å². The van der Waals surface area contributed by atoms with Gasteiger partial charge in [0.1, 0.15) is 10.8 Å². The molecule has 0 N–H and O–H groups in total. The van der Waals surface area contributed by atoms with Crippen LogP contribution in [0.3, 0.4) is 0 Å². The van der Waals surface area contributed by atoms with Gasteiger partial charge in [-0.25, -0.2) is 4.98 Å². The van der Waals surface area contributed by atoms with Gasteiger partial charge in [-0.05, 0) is 7.05 Å². The van der Waals surface area contributed by atoms with E-state index in [4.69, 9.17) is 11.6 Å². The lowest BCUT2D eigenvalue weighted by molar-refractivity contribution is 0.0657. The van der Waals surface area contributed by atoms with Gasteiger partial charge in [0.05, 0.1) is 12.4 Å². The molecule has 1 aliphatic heterocycles. The zero-order valence-corrected chi connectivity index (χ0v) is 9.81. The van der Waals surface area contributed by atoms with Crippen LogP contribution < -0.4 is 0 Å². The third-order valence-corrected chi connectivity index (χ3v) is 2.80. The maximum Gasteiger partial charge on any atom is 0.274 e. The van der Waals surface area contributed by atoms with Crippen LogP contribution in [0.4, 0.5) is 0 Å². The molecular formula is C10H13ClN4O. The fourth-order valence-corrected chi connectivity index (χ4v) is 1.76. The molecule has 0 atom stereocenters. The number of halogens is 1. The first kappa shape index (κ1) is 11.3. The molecule has 16 heavy (non-hydrogen) atoms. The average Bonchev–Trinajstić information content (AvgIpc) is 2.29. The highest BCUT2D eigenvalue weighted by Gasteiger charge is 2.21. The summed E-state index contributed by atoms with van der Waals surface area (Å²) >= 11 is 5.70. The lowest BCUT2D eigenvalue weighted by atomic mass is 10.3. The predicted octanol–water partition coefficient (Wildman–Crippen LogP) is 0.518. The van der Waals surface area contributed by atoms with Gasteiger partial charge in [0, 0.05) is 26.2 Å². The van der Waals surface area contributed by atoms with Gasteiger partial charge >= 0.3 is 0 Å². The molecule has 2 rings (SSSR count). The number of hydrogen-bond donors (Lipinski definition) is 0. The minimum atomic E-state index is -0.0944. The third-order valence-electron chi connectivity index (χ3n) is 2.61. The summed E-state index contributed by atoms with van der Waals surface area (Å²) in [5.41, 5.74) is 0.317. The van der Waals surface area contributed by atoms with E-state index >= 15 is 0 Å². The molecule has 0 spiro atoms. The lowest BCUT2D eigenvalue weighted by Gasteiger charge is -2.32. The second-order valence-corrected chi connectivity index (χ2v) is 4.21. The second-order valence-electron chi connectivity index (χ2n) is 3.82. The van der Waals surface area contributed by atoms with Gasteiger partial charge in [-0.15, -0.1) is 0 Å². The maximum atomic E-state index is 12.0. The third kappa shape index (κ3) is 2.48. The molecule has 86 valence electrons. The standard InChI is InChI=1S/C10H13ClN4O/c1-14-2-4-15(5-3-14)10(16)8-6-12-7-9(11)13-8/h6-7H,2-5H2,1H3. The van der Waals surface area contributed by atoms with Gasteiger partial charge in [0.2, 0.25) is 0 Å². The van der Waals surface area contributed by atoms with E-state index in [0.717, 1.165) is 26.2 Å². The van der Waals surface area contributed by atoms with E-state index in [0.29, 0.717) is 5.69 Å². The summed E-state index contributed by atoms with van der Waals surface area (Å²) in [7, 11) is 2.04. The topological polar surface area (TPSA) is 49.3 Å². The molecule has 0 radical (unpaired) electrons. The molecule has 0 aromatic carbocycles. The van der Waals surface area contributed by atoms with Gasteiger partial charge in [-0.3, -0.25) is 9.78 Å². The highest BCUT2D eigenvalue weighted by Crippen LogP contribution is 2.08. The van der Waals surface area contributed by atoms with Crippen LogP contribution >= 0.6 is 11.6 Å². The fourth-order valence-electron chi connectivity index (χ4n) is 1.62. The first-order valence-corrected chi connectivity index (χ1v) is 5.50. The van der Waals surface area contributed by atoms with Crippen molar-refractivity contribution in [1.29, 1.82) is 0 Å². The predicted molar refractivity (Wildman–Crippen MR) is 60.4 cm³/mol. The zero-order valence-electron chi connectivity index (χ0n) is 9.06. The first-order chi connectivity index (χ1) is 7.66. The van der Waals surface area contributed by atoms with Gasteiger partial charge in [0.25, 0.3) is 5.91 Å². The van der Waals surface area contributed by atoms with E-state index in [2.05, 4.69) is 14.9 Å². The molecule has 0 saturated carbocycles. The number of likely N-dealkylation sites (N-methyl/N-ethyl adjacent to an activating group) is 1.